The lowest BCUT2D eigenvalue weighted by Gasteiger charge is -2.14. The number of carbonyl (C=O) groups excluding carboxylic acids is 2. The normalized spacial score (nSPS) is 12.5. The number of alkyl halides is 6. The Kier molecular flexibility index (Phi) is 4.77. The number of aldehydes is 1. The lowest BCUT2D eigenvalue weighted by molar-refractivity contribution is -0.143. The summed E-state index contributed by atoms with van der Waals surface area (Å²) in [4.78, 5) is 21.1. The molecule has 0 aromatic heterocycles. The van der Waals surface area contributed by atoms with Gasteiger partial charge in [-0.05, 0) is 24.3 Å². The number of carbonyl (C=O) groups is 2. The monoisotopic (exact) mass is 311 g/mol. The largest absolute Gasteiger partial charge is 0.416 e. The third kappa shape index (κ3) is 4.93. The summed E-state index contributed by atoms with van der Waals surface area (Å²) in [6, 6.07) is 0.667. The first-order valence-electron chi connectivity index (χ1n) is 5.26. The van der Waals surface area contributed by atoms with E-state index in [9.17, 15) is 35.9 Å². The maximum absolute atomic E-state index is 12.5. The number of halogens is 6. The highest BCUT2D eigenvalue weighted by atomic mass is 19.4. The van der Waals surface area contributed by atoms with Gasteiger partial charge in [0, 0.05) is 11.8 Å². The molecule has 1 N–H and O–H groups in total. The number of anilines is 1. The number of nitrogens with one attached hydrogen (secondary N) is 1. The van der Waals surface area contributed by atoms with Gasteiger partial charge in [0.2, 0.25) is 5.91 Å². The van der Waals surface area contributed by atoms with Crippen LogP contribution in [0, 0.1) is 0 Å². The fourth-order valence-electron chi connectivity index (χ4n) is 1.34. The van der Waals surface area contributed by atoms with Crippen LogP contribution in [0.25, 0.3) is 0 Å². The molecule has 0 radical (unpaired) electrons. The molecule has 0 aliphatic carbocycles. The third-order valence-electron chi connectivity index (χ3n) is 2.18. The first-order valence-corrected chi connectivity index (χ1v) is 5.26. The number of allylic oxidation sites excluding steroid dienone is 1. The molecule has 3 nitrogen and oxygen atoms in total. The van der Waals surface area contributed by atoms with Gasteiger partial charge >= 0.3 is 12.4 Å². The zero-order chi connectivity index (χ0) is 16.3. The molecule has 1 rings (SSSR count). The van der Waals surface area contributed by atoms with Gasteiger partial charge in [0.05, 0.1) is 11.1 Å². The van der Waals surface area contributed by atoms with E-state index in [2.05, 4.69) is 0 Å². The molecule has 0 aliphatic heterocycles. The van der Waals surface area contributed by atoms with Crippen molar-refractivity contribution in [1.82, 2.24) is 0 Å². The van der Waals surface area contributed by atoms with E-state index in [4.69, 9.17) is 0 Å². The maximum Gasteiger partial charge on any atom is 0.416 e. The van der Waals surface area contributed by atoms with Crippen LogP contribution in [-0.4, -0.2) is 12.2 Å². The zero-order valence-corrected chi connectivity index (χ0v) is 10.0. The minimum absolute atomic E-state index is 0.0586. The summed E-state index contributed by atoms with van der Waals surface area (Å²) in [5, 5.41) is 1.82. The smallest absolute Gasteiger partial charge is 0.322 e. The van der Waals surface area contributed by atoms with Gasteiger partial charge in [-0.15, -0.1) is 0 Å². The number of benzene rings is 1. The second kappa shape index (κ2) is 5.98. The average molecular weight is 311 g/mol. The molecule has 1 aromatic rings. The van der Waals surface area contributed by atoms with Crippen molar-refractivity contribution in [2.24, 2.45) is 0 Å². The van der Waals surface area contributed by atoms with Crippen molar-refractivity contribution >= 4 is 17.9 Å². The van der Waals surface area contributed by atoms with Crippen LogP contribution >= 0.6 is 0 Å². The number of rotatable bonds is 3. The van der Waals surface area contributed by atoms with Gasteiger partial charge in [-0.3, -0.25) is 9.59 Å². The molecule has 0 heterocycles. The number of amides is 1. The SMILES string of the molecule is O=C/C=C\C(=O)Nc1cc(C(F)(F)F)cc(C(F)(F)F)c1. The van der Waals surface area contributed by atoms with Crippen molar-refractivity contribution < 1.29 is 35.9 Å². The Morgan fingerprint density at radius 2 is 1.43 bits per heavy atom. The second-order valence-corrected chi connectivity index (χ2v) is 3.78. The van der Waals surface area contributed by atoms with Gasteiger partial charge in [0.15, 0.2) is 0 Å². The first-order chi connectivity index (χ1) is 9.54. The Balaban J connectivity index is 3.23. The van der Waals surface area contributed by atoms with Crippen LogP contribution in [0.3, 0.4) is 0 Å². The Bertz CT molecular complexity index is 542. The van der Waals surface area contributed by atoms with Crippen LogP contribution in [0.4, 0.5) is 32.0 Å². The van der Waals surface area contributed by atoms with Crippen LogP contribution in [0.1, 0.15) is 11.1 Å². The molecular weight excluding hydrogens is 304 g/mol. The Morgan fingerprint density at radius 3 is 1.81 bits per heavy atom. The predicted octanol–water partition coefficient (Wildman–Crippen LogP) is 3.42. The Labute approximate surface area is 114 Å². The maximum atomic E-state index is 12.5. The fraction of sp³-hybridized carbons (Fsp3) is 0.167. The van der Waals surface area contributed by atoms with Crippen LogP contribution in [0.2, 0.25) is 0 Å². The summed E-state index contributed by atoms with van der Waals surface area (Å²) in [7, 11) is 0. The van der Waals surface area contributed by atoms with E-state index < -0.39 is 35.1 Å². The molecule has 0 aliphatic rings. The third-order valence-corrected chi connectivity index (χ3v) is 2.18. The van der Waals surface area contributed by atoms with Crippen LogP contribution in [0.5, 0.6) is 0 Å². The highest BCUT2D eigenvalue weighted by Gasteiger charge is 2.37. The van der Waals surface area contributed by atoms with Crippen molar-refractivity contribution in [3.63, 3.8) is 0 Å². The van der Waals surface area contributed by atoms with E-state index in [1.54, 1.807) is 0 Å². The van der Waals surface area contributed by atoms with Crippen molar-refractivity contribution in [3.8, 4) is 0 Å². The average Bonchev–Trinajstić information content (AvgIpc) is 2.34. The van der Waals surface area contributed by atoms with Gasteiger partial charge in [0.25, 0.3) is 0 Å². The van der Waals surface area contributed by atoms with E-state index in [1.807, 2.05) is 5.32 Å². The second-order valence-electron chi connectivity index (χ2n) is 3.78. The standard InChI is InChI=1S/C12H7F6NO2/c13-11(14,15)7-4-8(12(16,17)18)6-9(5-7)19-10(21)2-1-3-20/h1-6H,(H,19,21)/b2-1-. The van der Waals surface area contributed by atoms with Crippen molar-refractivity contribution in [2.75, 3.05) is 5.32 Å². The molecule has 0 atom stereocenters. The van der Waals surface area contributed by atoms with Crippen LogP contribution in [-0.2, 0) is 21.9 Å². The van der Waals surface area contributed by atoms with Gasteiger partial charge in [0.1, 0.15) is 6.29 Å². The van der Waals surface area contributed by atoms with E-state index >= 15 is 0 Å². The topological polar surface area (TPSA) is 46.2 Å². The molecule has 1 aromatic carbocycles. The molecule has 114 valence electrons. The van der Waals surface area contributed by atoms with Crippen molar-refractivity contribution in [3.05, 3.63) is 41.5 Å². The summed E-state index contributed by atoms with van der Waals surface area (Å²) >= 11 is 0. The van der Waals surface area contributed by atoms with E-state index in [1.165, 1.54) is 0 Å². The van der Waals surface area contributed by atoms with E-state index in [-0.39, 0.29) is 12.4 Å². The molecule has 9 heteroatoms. The highest BCUT2D eigenvalue weighted by molar-refractivity contribution is 6.01. The lowest BCUT2D eigenvalue weighted by Crippen LogP contribution is -2.14. The minimum atomic E-state index is -5.00. The van der Waals surface area contributed by atoms with Crippen molar-refractivity contribution in [2.45, 2.75) is 12.4 Å². The van der Waals surface area contributed by atoms with E-state index in [0.717, 1.165) is 6.08 Å². The Hall–Kier alpha value is -2.32. The molecule has 0 fully saturated rings. The summed E-state index contributed by atoms with van der Waals surface area (Å²) in [6.07, 6.45) is -8.36. The quantitative estimate of drug-likeness (QED) is 0.528. The molecule has 1 amide bonds. The van der Waals surface area contributed by atoms with Crippen LogP contribution in [0.15, 0.2) is 30.4 Å². The van der Waals surface area contributed by atoms with Crippen molar-refractivity contribution in [1.29, 1.82) is 0 Å². The van der Waals surface area contributed by atoms with Gasteiger partial charge in [-0.2, -0.15) is 26.3 Å². The summed E-state index contributed by atoms with van der Waals surface area (Å²) in [5.74, 6) is -1.03. The summed E-state index contributed by atoms with van der Waals surface area (Å²) in [5.41, 5.74) is -3.78. The molecule has 21 heavy (non-hydrogen) atoms. The van der Waals surface area contributed by atoms with E-state index in [0.29, 0.717) is 18.2 Å². The minimum Gasteiger partial charge on any atom is -0.322 e. The molecule has 0 unspecified atom stereocenters. The van der Waals surface area contributed by atoms with Gasteiger partial charge in [-0.1, -0.05) is 0 Å². The summed E-state index contributed by atoms with van der Waals surface area (Å²) in [6.45, 7) is 0. The molecular formula is C12H7F6NO2. The first kappa shape index (κ1) is 16.7. The zero-order valence-electron chi connectivity index (χ0n) is 10.0. The molecule has 0 bridgehead atoms. The molecule has 0 spiro atoms. The van der Waals surface area contributed by atoms with Crippen LogP contribution < -0.4 is 5.32 Å². The summed E-state index contributed by atoms with van der Waals surface area (Å²) < 4.78 is 75.2. The Morgan fingerprint density at radius 1 is 0.952 bits per heavy atom. The number of hydrogen-bond donors (Lipinski definition) is 1. The number of hydrogen-bond acceptors (Lipinski definition) is 2. The molecule has 0 saturated heterocycles. The highest BCUT2D eigenvalue weighted by Crippen LogP contribution is 2.37. The van der Waals surface area contributed by atoms with Gasteiger partial charge in [-0.25, -0.2) is 0 Å². The lowest BCUT2D eigenvalue weighted by atomic mass is 10.1. The van der Waals surface area contributed by atoms with Gasteiger partial charge < -0.3 is 5.32 Å². The predicted molar refractivity (Wildman–Crippen MR) is 60.3 cm³/mol. The fourth-order valence-corrected chi connectivity index (χ4v) is 1.34. The molecule has 0 saturated carbocycles.